The van der Waals surface area contributed by atoms with Gasteiger partial charge in [-0.1, -0.05) is 42.5 Å². The zero-order valence-corrected chi connectivity index (χ0v) is 14.6. The van der Waals surface area contributed by atoms with Gasteiger partial charge in [-0.15, -0.1) is 0 Å². The summed E-state index contributed by atoms with van der Waals surface area (Å²) in [5.41, 5.74) is 2.09. The number of fused-ring (bicyclic) bond motifs is 1. The Hall–Kier alpha value is -2.24. The molecule has 1 heterocycles. The number of aliphatic hydroxyl groups is 1. The van der Waals surface area contributed by atoms with Crippen LogP contribution in [0.3, 0.4) is 0 Å². The summed E-state index contributed by atoms with van der Waals surface area (Å²) in [5.74, 6) is 0.0661. The molecule has 5 heteroatoms. The molecule has 0 amide bonds. The van der Waals surface area contributed by atoms with Gasteiger partial charge in [0.15, 0.2) is 0 Å². The van der Waals surface area contributed by atoms with Crippen molar-refractivity contribution in [2.45, 2.75) is 4.90 Å². The molecule has 0 fully saturated rings. The maximum atomic E-state index is 12.9. The quantitative estimate of drug-likeness (QED) is 0.851. The van der Waals surface area contributed by atoms with Crippen molar-refractivity contribution in [3.05, 3.63) is 70.6 Å². The molecule has 1 atom stereocenters. The molecule has 0 bridgehead atoms. The molecule has 0 saturated heterocycles. The van der Waals surface area contributed by atoms with Gasteiger partial charge < -0.3 is 10.0 Å². The Morgan fingerprint density at radius 1 is 1.08 bits per heavy atom. The summed E-state index contributed by atoms with van der Waals surface area (Å²) < 4.78 is 12.9. The number of likely N-dealkylation sites (N-methyl/N-ethyl adjacent to an activating group) is 1. The zero-order valence-electron chi connectivity index (χ0n) is 13.8. The van der Waals surface area contributed by atoms with Gasteiger partial charge >= 0.3 is 0 Å². The molecular formula is C19H20N2O2S. The van der Waals surface area contributed by atoms with Gasteiger partial charge in [-0.25, -0.2) is 4.21 Å². The van der Waals surface area contributed by atoms with Crippen LogP contribution in [0, 0.1) is 0 Å². The second kappa shape index (κ2) is 7.11. The summed E-state index contributed by atoms with van der Waals surface area (Å²) in [7, 11) is 2.54. The molecule has 1 aliphatic heterocycles. The molecule has 24 heavy (non-hydrogen) atoms. The lowest BCUT2D eigenvalue weighted by molar-refractivity contribution is 0.420. The summed E-state index contributed by atoms with van der Waals surface area (Å²) in [4.78, 5) is 7.75. The highest BCUT2D eigenvalue weighted by molar-refractivity contribution is 7.90. The fraction of sp³-hybridized carbons (Fsp3) is 0.211. The van der Waals surface area contributed by atoms with Crippen molar-refractivity contribution in [1.82, 2.24) is 4.90 Å². The monoisotopic (exact) mass is 340 g/mol. The van der Waals surface area contributed by atoms with E-state index in [9.17, 15) is 9.32 Å². The standard InChI is InChI=1S/C19H20N2O2S/c1-21(2)13-12-20-17(14-8-4-3-5-9-14)19-18(22)15-10-6-7-11-16(15)24(19)23/h3-11,22H,12-13H2,1-2H3. The van der Waals surface area contributed by atoms with Gasteiger partial charge in [-0.05, 0) is 26.2 Å². The Morgan fingerprint density at radius 2 is 1.75 bits per heavy atom. The third-order valence-corrected chi connectivity index (χ3v) is 5.33. The summed E-state index contributed by atoms with van der Waals surface area (Å²) in [6, 6.07) is 16.9. The van der Waals surface area contributed by atoms with Gasteiger partial charge in [0, 0.05) is 17.7 Å². The predicted molar refractivity (Wildman–Crippen MR) is 98.8 cm³/mol. The summed E-state index contributed by atoms with van der Waals surface area (Å²) in [6.07, 6.45) is 0. The lowest BCUT2D eigenvalue weighted by Crippen LogP contribution is -2.17. The van der Waals surface area contributed by atoms with Gasteiger partial charge in [0.2, 0.25) is 0 Å². The number of benzene rings is 2. The van der Waals surface area contributed by atoms with Crippen molar-refractivity contribution in [2.24, 2.45) is 4.99 Å². The van der Waals surface area contributed by atoms with Crippen LogP contribution >= 0.6 is 0 Å². The molecule has 124 valence electrons. The first-order valence-electron chi connectivity index (χ1n) is 7.79. The number of aliphatic hydroxyl groups excluding tert-OH is 1. The third kappa shape index (κ3) is 3.18. The van der Waals surface area contributed by atoms with Gasteiger partial charge in [0.05, 0.1) is 28.0 Å². The molecule has 0 saturated carbocycles. The fourth-order valence-electron chi connectivity index (χ4n) is 2.60. The molecule has 2 aromatic carbocycles. The van der Waals surface area contributed by atoms with Crippen molar-refractivity contribution < 1.29 is 9.32 Å². The van der Waals surface area contributed by atoms with E-state index in [1.807, 2.05) is 61.5 Å². The lowest BCUT2D eigenvalue weighted by atomic mass is 10.1. The number of nitrogens with zero attached hydrogens (tertiary/aromatic N) is 2. The van der Waals surface area contributed by atoms with E-state index in [-0.39, 0.29) is 5.76 Å². The molecule has 1 unspecified atom stereocenters. The van der Waals surface area contributed by atoms with Crippen molar-refractivity contribution in [2.75, 3.05) is 27.2 Å². The minimum absolute atomic E-state index is 0.0661. The Kier molecular flexibility index (Phi) is 4.92. The second-order valence-electron chi connectivity index (χ2n) is 5.84. The van der Waals surface area contributed by atoms with Gasteiger partial charge in [-0.3, -0.25) is 4.99 Å². The van der Waals surface area contributed by atoms with Crippen molar-refractivity contribution in [3.63, 3.8) is 0 Å². The van der Waals surface area contributed by atoms with Crippen molar-refractivity contribution in [3.8, 4) is 0 Å². The van der Waals surface area contributed by atoms with Crippen molar-refractivity contribution >= 4 is 22.3 Å². The highest BCUT2D eigenvalue weighted by Gasteiger charge is 2.32. The van der Waals surface area contributed by atoms with E-state index in [1.54, 1.807) is 12.1 Å². The maximum absolute atomic E-state index is 12.9. The number of rotatable bonds is 5. The van der Waals surface area contributed by atoms with Crippen LogP contribution in [0.25, 0.3) is 5.76 Å². The minimum Gasteiger partial charge on any atom is -0.506 e. The van der Waals surface area contributed by atoms with Gasteiger partial charge in [-0.2, -0.15) is 0 Å². The molecule has 0 spiro atoms. The normalized spacial score (nSPS) is 17.5. The van der Waals surface area contributed by atoms with Gasteiger partial charge in [0.1, 0.15) is 10.7 Å². The van der Waals surface area contributed by atoms with E-state index >= 15 is 0 Å². The topological polar surface area (TPSA) is 52.9 Å². The fourth-order valence-corrected chi connectivity index (χ4v) is 4.03. The SMILES string of the molecule is CN(C)CCN=C(C1=C(O)c2ccccc2S1=O)c1ccccc1. The number of hydrogen-bond acceptors (Lipinski definition) is 4. The van der Waals surface area contributed by atoms with Crippen LogP contribution < -0.4 is 0 Å². The van der Waals surface area contributed by atoms with E-state index in [0.29, 0.717) is 27.6 Å². The van der Waals surface area contributed by atoms with Crippen molar-refractivity contribution in [1.29, 1.82) is 0 Å². The zero-order chi connectivity index (χ0) is 17.1. The Bertz CT molecular complexity index is 826. The molecular weight excluding hydrogens is 320 g/mol. The largest absolute Gasteiger partial charge is 0.506 e. The van der Waals surface area contributed by atoms with Gasteiger partial charge in [0.25, 0.3) is 0 Å². The minimum atomic E-state index is -1.43. The van der Waals surface area contributed by atoms with Crippen LogP contribution in [0.4, 0.5) is 0 Å². The predicted octanol–water partition coefficient (Wildman–Crippen LogP) is 3.09. The first-order chi connectivity index (χ1) is 11.6. The molecule has 1 aliphatic rings. The molecule has 0 aromatic heterocycles. The van der Waals surface area contributed by atoms with Crippen LogP contribution in [0.1, 0.15) is 11.1 Å². The van der Waals surface area contributed by atoms with Crippen LogP contribution in [-0.4, -0.2) is 47.1 Å². The molecule has 0 radical (unpaired) electrons. The summed E-state index contributed by atoms with van der Waals surface area (Å²) in [5, 5.41) is 10.6. The molecule has 4 nitrogen and oxygen atoms in total. The van der Waals surface area contributed by atoms with E-state index in [2.05, 4.69) is 4.99 Å². The average molecular weight is 340 g/mol. The van der Waals surface area contributed by atoms with E-state index in [4.69, 9.17) is 0 Å². The second-order valence-corrected chi connectivity index (χ2v) is 7.23. The maximum Gasteiger partial charge on any atom is 0.142 e. The highest BCUT2D eigenvalue weighted by atomic mass is 32.2. The first-order valence-corrected chi connectivity index (χ1v) is 8.94. The molecule has 1 N–H and O–H groups in total. The molecule has 0 aliphatic carbocycles. The van der Waals surface area contributed by atoms with E-state index in [1.165, 1.54) is 0 Å². The first kappa shape index (κ1) is 16.6. The van der Waals surface area contributed by atoms with Crippen LogP contribution in [-0.2, 0) is 10.8 Å². The Balaban J connectivity index is 2.07. The highest BCUT2D eigenvalue weighted by Crippen LogP contribution is 2.36. The average Bonchev–Trinajstić information content (AvgIpc) is 2.84. The number of aliphatic imine (C=N–C) groups is 1. The van der Waals surface area contributed by atoms with E-state index < -0.39 is 10.8 Å². The Morgan fingerprint density at radius 3 is 2.42 bits per heavy atom. The summed E-state index contributed by atoms with van der Waals surface area (Å²) >= 11 is 0. The van der Waals surface area contributed by atoms with E-state index in [0.717, 1.165) is 12.1 Å². The van der Waals surface area contributed by atoms with Crippen LogP contribution in [0.15, 0.2) is 69.4 Å². The lowest BCUT2D eigenvalue weighted by Gasteiger charge is -2.11. The third-order valence-electron chi connectivity index (χ3n) is 3.82. The number of allylic oxidation sites excluding steroid dienone is 1. The van der Waals surface area contributed by atoms with Crippen LogP contribution in [0.2, 0.25) is 0 Å². The smallest absolute Gasteiger partial charge is 0.142 e. The molecule has 2 aromatic rings. The summed E-state index contributed by atoms with van der Waals surface area (Å²) in [6.45, 7) is 1.35. The number of hydrogen-bond donors (Lipinski definition) is 1. The Labute approximate surface area is 144 Å². The molecule has 3 rings (SSSR count). The van der Waals surface area contributed by atoms with Crippen LogP contribution in [0.5, 0.6) is 0 Å².